The van der Waals surface area contributed by atoms with Gasteiger partial charge in [0.2, 0.25) is 0 Å². The summed E-state index contributed by atoms with van der Waals surface area (Å²) in [5, 5.41) is 14.4. The predicted octanol–water partition coefficient (Wildman–Crippen LogP) is 5.59. The van der Waals surface area contributed by atoms with Gasteiger partial charge >= 0.3 is 5.97 Å². The number of aromatic nitrogens is 2. The Bertz CT molecular complexity index is 1240. The molecule has 2 atom stereocenters. The van der Waals surface area contributed by atoms with Gasteiger partial charge in [0.25, 0.3) is 0 Å². The van der Waals surface area contributed by atoms with Gasteiger partial charge in [0.05, 0.1) is 28.7 Å². The predicted molar refractivity (Wildman–Crippen MR) is 124 cm³/mol. The summed E-state index contributed by atoms with van der Waals surface area (Å²) in [6.45, 7) is 0.579. The lowest BCUT2D eigenvalue weighted by molar-refractivity contribution is 0.0142. The molecular weight excluding hydrogens is 457 g/mol. The Balaban J connectivity index is 1.08. The summed E-state index contributed by atoms with van der Waals surface area (Å²) in [5.41, 5.74) is 2.55. The molecule has 2 saturated heterocycles. The summed E-state index contributed by atoms with van der Waals surface area (Å²) in [7, 11) is 0. The van der Waals surface area contributed by atoms with Crippen LogP contribution in [0.2, 0.25) is 0 Å². The lowest BCUT2D eigenvalue weighted by Gasteiger charge is -2.38. The third-order valence-corrected chi connectivity index (χ3v) is 8.84. The highest BCUT2D eigenvalue weighted by Gasteiger charge is 2.43. The quantitative estimate of drug-likeness (QED) is 0.468. The minimum atomic E-state index is -1.13. The molecule has 2 saturated carbocycles. The molecule has 4 fully saturated rings. The third kappa shape index (κ3) is 3.51. The largest absolute Gasteiger partial charge is 0.478 e. The number of rotatable bonds is 7. The average Bonchev–Trinajstić information content (AvgIpc) is 3.74. The van der Waals surface area contributed by atoms with Crippen LogP contribution in [0, 0.1) is 5.82 Å². The summed E-state index contributed by atoms with van der Waals surface area (Å²) in [4.78, 5) is 18.2. The second-order valence-electron chi connectivity index (χ2n) is 10.3. The smallest absolute Gasteiger partial charge is 0.335 e. The van der Waals surface area contributed by atoms with E-state index >= 15 is 0 Å². The van der Waals surface area contributed by atoms with E-state index in [9.17, 15) is 14.3 Å². The Morgan fingerprint density at radius 3 is 2.56 bits per heavy atom. The molecule has 4 aliphatic rings. The molecule has 0 spiro atoms. The number of ether oxygens (including phenoxy) is 1. The van der Waals surface area contributed by atoms with Crippen molar-refractivity contribution < 1.29 is 23.6 Å². The van der Waals surface area contributed by atoms with Crippen LogP contribution in [-0.2, 0) is 11.3 Å². The molecule has 1 aromatic carbocycles. The maximum absolute atomic E-state index is 14.5. The number of thiazole rings is 1. The van der Waals surface area contributed by atoms with Crippen LogP contribution < -0.4 is 4.90 Å². The van der Waals surface area contributed by atoms with E-state index < -0.39 is 11.8 Å². The van der Waals surface area contributed by atoms with Crippen LogP contribution in [0.15, 0.2) is 16.7 Å². The molecule has 4 heterocycles. The van der Waals surface area contributed by atoms with Crippen molar-refractivity contribution >= 4 is 32.7 Å². The number of anilines is 1. The fraction of sp³-hybridized carbons (Fsp3) is 0.560. The van der Waals surface area contributed by atoms with Crippen LogP contribution in [0.1, 0.15) is 90.6 Å². The van der Waals surface area contributed by atoms with Gasteiger partial charge in [-0.1, -0.05) is 16.5 Å². The summed E-state index contributed by atoms with van der Waals surface area (Å²) < 4.78 is 27.3. The van der Waals surface area contributed by atoms with Crippen LogP contribution in [-0.4, -0.2) is 39.4 Å². The molecule has 2 aromatic heterocycles. The Labute approximate surface area is 199 Å². The Morgan fingerprint density at radius 2 is 1.88 bits per heavy atom. The third-order valence-electron chi connectivity index (χ3n) is 7.82. The first-order chi connectivity index (χ1) is 16.5. The molecular formula is C25H26FN3O4S. The second kappa shape index (κ2) is 7.75. The van der Waals surface area contributed by atoms with E-state index in [1.807, 2.05) is 0 Å². The SMILES string of the molecule is O=C(O)c1cc(F)c2nc(N3[C@H]4CC[C@H]3CC(OCc3c(C5CC5)noc3C3CC3)C4)sc2c1. The molecule has 2 aliphatic heterocycles. The molecule has 7 rings (SSSR count). The molecule has 34 heavy (non-hydrogen) atoms. The molecule has 2 aliphatic carbocycles. The van der Waals surface area contributed by atoms with Gasteiger partial charge in [-0.25, -0.2) is 14.2 Å². The number of piperidine rings is 1. The summed E-state index contributed by atoms with van der Waals surface area (Å²) >= 11 is 1.38. The van der Waals surface area contributed by atoms with E-state index in [1.165, 1.54) is 48.6 Å². The lowest BCUT2D eigenvalue weighted by Crippen LogP contribution is -2.45. The Hall–Kier alpha value is -2.52. The Morgan fingerprint density at radius 1 is 1.15 bits per heavy atom. The maximum Gasteiger partial charge on any atom is 0.335 e. The first-order valence-corrected chi connectivity index (χ1v) is 13.1. The van der Waals surface area contributed by atoms with Crippen molar-refractivity contribution in [1.82, 2.24) is 10.1 Å². The van der Waals surface area contributed by atoms with Gasteiger partial charge in [-0.2, -0.15) is 0 Å². The van der Waals surface area contributed by atoms with Crippen LogP contribution in [0.5, 0.6) is 0 Å². The molecule has 2 bridgehead atoms. The molecule has 0 unspecified atom stereocenters. The summed E-state index contributed by atoms with van der Waals surface area (Å²) in [6, 6.07) is 3.19. The maximum atomic E-state index is 14.5. The zero-order valence-electron chi connectivity index (χ0n) is 18.7. The molecule has 3 aromatic rings. The van der Waals surface area contributed by atoms with Gasteiger partial charge in [-0.05, 0) is 63.5 Å². The highest BCUT2D eigenvalue weighted by Crippen LogP contribution is 2.48. The zero-order chi connectivity index (χ0) is 23.0. The number of carboxylic acid groups (broad SMARTS) is 1. The minimum absolute atomic E-state index is 0.0415. The van der Waals surface area contributed by atoms with Gasteiger partial charge < -0.3 is 19.3 Å². The first kappa shape index (κ1) is 20.8. The van der Waals surface area contributed by atoms with Crippen molar-refractivity contribution in [3.63, 3.8) is 0 Å². The number of carbonyl (C=O) groups is 1. The zero-order valence-corrected chi connectivity index (χ0v) is 19.5. The fourth-order valence-electron chi connectivity index (χ4n) is 5.81. The van der Waals surface area contributed by atoms with Gasteiger partial charge in [0, 0.05) is 29.5 Å². The van der Waals surface area contributed by atoms with Crippen molar-refractivity contribution in [2.24, 2.45) is 0 Å². The van der Waals surface area contributed by atoms with Crippen LogP contribution >= 0.6 is 11.3 Å². The topological polar surface area (TPSA) is 88.7 Å². The van der Waals surface area contributed by atoms with Crippen molar-refractivity contribution in [3.05, 3.63) is 40.5 Å². The van der Waals surface area contributed by atoms with Gasteiger partial charge in [-0.3, -0.25) is 0 Å². The molecule has 178 valence electrons. The van der Waals surface area contributed by atoms with Crippen LogP contribution in [0.4, 0.5) is 9.52 Å². The molecule has 1 N–H and O–H groups in total. The number of halogens is 1. The van der Waals surface area contributed by atoms with Crippen molar-refractivity contribution in [1.29, 1.82) is 0 Å². The minimum Gasteiger partial charge on any atom is -0.478 e. The number of hydrogen-bond donors (Lipinski definition) is 1. The summed E-state index contributed by atoms with van der Waals surface area (Å²) in [6.07, 6.45) is 8.90. The van der Waals surface area contributed by atoms with Gasteiger partial charge in [-0.15, -0.1) is 0 Å². The van der Waals surface area contributed by atoms with E-state index in [2.05, 4.69) is 15.0 Å². The Kier molecular flexibility index (Phi) is 4.74. The van der Waals surface area contributed by atoms with E-state index in [0.29, 0.717) is 35.2 Å². The van der Waals surface area contributed by atoms with E-state index in [-0.39, 0.29) is 17.2 Å². The molecule has 0 radical (unpaired) electrons. The monoisotopic (exact) mass is 483 g/mol. The lowest BCUT2D eigenvalue weighted by atomic mass is 10.00. The normalized spacial score (nSPS) is 26.5. The highest BCUT2D eigenvalue weighted by atomic mass is 32.1. The van der Waals surface area contributed by atoms with Crippen molar-refractivity contribution in [3.8, 4) is 0 Å². The number of hydrogen-bond acceptors (Lipinski definition) is 7. The first-order valence-electron chi connectivity index (χ1n) is 12.3. The average molecular weight is 484 g/mol. The summed E-state index contributed by atoms with van der Waals surface area (Å²) in [5.74, 6) is 0.428. The fourth-order valence-corrected chi connectivity index (χ4v) is 6.97. The number of benzene rings is 1. The van der Waals surface area contributed by atoms with E-state index in [0.717, 1.165) is 48.3 Å². The number of fused-ring (bicyclic) bond motifs is 3. The van der Waals surface area contributed by atoms with Gasteiger partial charge in [0.15, 0.2) is 10.9 Å². The van der Waals surface area contributed by atoms with Crippen molar-refractivity contribution in [2.75, 3.05) is 4.90 Å². The number of nitrogens with zero attached hydrogens (tertiary/aromatic N) is 3. The standard InChI is InChI=1S/C25H26FN3O4S/c26-19-7-14(24(30)31)8-20-22(19)27-25(34-20)29-15-5-6-16(29)10-17(9-15)32-11-18-21(12-1-2-12)28-33-23(18)13-3-4-13/h7-8,12-13,15-17H,1-6,9-11H2,(H,30,31)/t15-,16-/m0/s1. The highest BCUT2D eigenvalue weighted by molar-refractivity contribution is 7.22. The molecule has 0 amide bonds. The molecule has 9 heteroatoms. The number of carboxylic acids is 1. The van der Waals surface area contributed by atoms with Crippen molar-refractivity contribution in [2.45, 2.75) is 88.0 Å². The van der Waals surface area contributed by atoms with E-state index in [1.54, 1.807) is 0 Å². The van der Waals surface area contributed by atoms with Gasteiger partial charge in [0.1, 0.15) is 11.3 Å². The second-order valence-corrected chi connectivity index (χ2v) is 11.3. The molecule has 7 nitrogen and oxygen atoms in total. The van der Waals surface area contributed by atoms with E-state index in [4.69, 9.17) is 9.26 Å². The van der Waals surface area contributed by atoms with Crippen LogP contribution in [0.3, 0.4) is 0 Å². The van der Waals surface area contributed by atoms with Crippen LogP contribution in [0.25, 0.3) is 10.2 Å². The number of aromatic carboxylic acids is 1.